The average Bonchev–Trinajstić information content (AvgIpc) is 3.31. The van der Waals surface area contributed by atoms with E-state index >= 15 is 0 Å². The van der Waals surface area contributed by atoms with E-state index in [-0.39, 0.29) is 29.5 Å². The van der Waals surface area contributed by atoms with E-state index in [1.54, 1.807) is 26.3 Å². The number of hydrogen-bond donors (Lipinski definition) is 2. The maximum atomic E-state index is 14.1. The van der Waals surface area contributed by atoms with Gasteiger partial charge in [0.25, 0.3) is 5.91 Å². The van der Waals surface area contributed by atoms with Crippen LogP contribution in [0.15, 0.2) is 30.7 Å². The van der Waals surface area contributed by atoms with E-state index in [1.807, 2.05) is 16.7 Å². The number of aryl methyl sites for hydroxylation is 1. The molecule has 4 atom stereocenters. The molecule has 236 valence electrons. The molecule has 0 bridgehead atoms. The number of halogens is 1. The number of thioether (sulfide) groups is 1. The van der Waals surface area contributed by atoms with E-state index in [0.717, 1.165) is 37.4 Å². The van der Waals surface area contributed by atoms with Crippen LogP contribution in [0.25, 0.3) is 5.52 Å². The number of carbonyl (C=O) groups is 2. The van der Waals surface area contributed by atoms with Crippen molar-refractivity contribution in [3.8, 4) is 5.75 Å². The number of primary amides is 1. The zero-order valence-electron chi connectivity index (χ0n) is 25.0. The summed E-state index contributed by atoms with van der Waals surface area (Å²) in [6.45, 7) is 6.50. The number of benzene rings is 1. The first kappa shape index (κ1) is 30.6. The number of carbonyl (C=O) groups excluding carboxylic acids is 2. The number of amides is 2. The molecule has 3 aliphatic heterocycles. The second kappa shape index (κ2) is 12.5. The molecule has 0 spiro atoms. The Bertz CT molecular complexity index is 1540. The first-order valence-corrected chi connectivity index (χ1v) is 15.8. The number of nitrogens with two attached hydrogens (primary N) is 1. The van der Waals surface area contributed by atoms with Crippen molar-refractivity contribution in [1.82, 2.24) is 19.5 Å². The highest BCUT2D eigenvalue weighted by atomic mass is 32.2. The minimum atomic E-state index is -0.563. The number of fused-ring (bicyclic) bond motifs is 2. The molecule has 3 saturated heterocycles. The third kappa shape index (κ3) is 6.08. The summed E-state index contributed by atoms with van der Waals surface area (Å²) in [4.78, 5) is 29.9. The number of ether oxygens (including phenoxy) is 4. The summed E-state index contributed by atoms with van der Waals surface area (Å²) < 4.78 is 38.7. The topological polar surface area (TPSA) is 143 Å². The molecule has 1 aliphatic carbocycles. The summed E-state index contributed by atoms with van der Waals surface area (Å²) in [5.74, 6) is 2.34. The average molecular weight is 629 g/mol. The van der Waals surface area contributed by atoms with Gasteiger partial charge in [-0.1, -0.05) is 6.92 Å². The highest BCUT2D eigenvalue weighted by molar-refractivity contribution is 7.99. The van der Waals surface area contributed by atoms with Crippen molar-refractivity contribution < 1.29 is 32.9 Å². The van der Waals surface area contributed by atoms with Crippen LogP contribution in [0.5, 0.6) is 5.75 Å². The van der Waals surface area contributed by atoms with E-state index in [9.17, 15) is 14.0 Å². The van der Waals surface area contributed by atoms with Gasteiger partial charge >= 0.3 is 0 Å². The molecule has 44 heavy (non-hydrogen) atoms. The third-order valence-electron chi connectivity index (χ3n) is 8.65. The van der Waals surface area contributed by atoms with Crippen molar-refractivity contribution >= 4 is 40.6 Å². The molecule has 2 amide bonds. The largest absolute Gasteiger partial charge is 0.483 e. The molecule has 5 heterocycles. The zero-order valence-corrected chi connectivity index (χ0v) is 25.8. The number of nitrogens with one attached hydrogen (secondary N) is 1. The van der Waals surface area contributed by atoms with Crippen molar-refractivity contribution in [1.29, 1.82) is 0 Å². The lowest BCUT2D eigenvalue weighted by Gasteiger charge is -2.28. The number of methoxy groups -OCH3 is 1. The Labute approximate surface area is 258 Å². The number of anilines is 2. The van der Waals surface area contributed by atoms with Gasteiger partial charge < -0.3 is 34.9 Å². The molecule has 2 unspecified atom stereocenters. The highest BCUT2D eigenvalue weighted by Crippen LogP contribution is 2.46. The second-order valence-corrected chi connectivity index (χ2v) is 12.9. The lowest BCUT2D eigenvalue weighted by atomic mass is 10.1. The number of rotatable bonds is 7. The molecule has 1 aromatic carbocycles. The van der Waals surface area contributed by atoms with Gasteiger partial charge in [-0.3, -0.25) is 9.59 Å². The first-order chi connectivity index (χ1) is 21.2. The molecule has 2 aromatic heterocycles. The Kier molecular flexibility index (Phi) is 8.68. The van der Waals surface area contributed by atoms with Crippen LogP contribution in [0.4, 0.5) is 15.9 Å². The monoisotopic (exact) mass is 628 g/mol. The van der Waals surface area contributed by atoms with E-state index < -0.39 is 17.8 Å². The minimum absolute atomic E-state index is 0.0437. The molecule has 4 fully saturated rings. The summed E-state index contributed by atoms with van der Waals surface area (Å²) in [6.07, 6.45) is 3.97. The van der Waals surface area contributed by atoms with Crippen LogP contribution in [0.2, 0.25) is 0 Å². The fraction of sp³-hybridized carbons (Fsp3) is 0.533. The van der Waals surface area contributed by atoms with Gasteiger partial charge in [0.15, 0.2) is 11.9 Å². The molecule has 12 nitrogen and oxygen atoms in total. The molecule has 0 radical (unpaired) electrons. The lowest BCUT2D eigenvalue weighted by molar-refractivity contribution is -0.135. The van der Waals surface area contributed by atoms with E-state index in [2.05, 4.69) is 22.3 Å². The highest BCUT2D eigenvalue weighted by Gasteiger charge is 2.49. The van der Waals surface area contributed by atoms with Crippen LogP contribution in [-0.4, -0.2) is 101 Å². The summed E-state index contributed by atoms with van der Waals surface area (Å²) in [5.41, 5.74) is 7.52. The van der Waals surface area contributed by atoms with Crippen molar-refractivity contribution in [3.05, 3.63) is 47.7 Å². The van der Waals surface area contributed by atoms with Crippen LogP contribution >= 0.6 is 11.8 Å². The molecule has 3 N–H and O–H groups in total. The molecular weight excluding hydrogens is 591 g/mol. The van der Waals surface area contributed by atoms with Crippen LogP contribution in [0.3, 0.4) is 0 Å². The Morgan fingerprint density at radius 2 is 1.86 bits per heavy atom. The van der Waals surface area contributed by atoms with Gasteiger partial charge in [-0.05, 0) is 37.5 Å². The molecule has 4 aliphatic rings. The number of nitrogens with zero attached hydrogens (tertiary/aromatic N) is 4. The normalized spacial score (nSPS) is 25.2. The van der Waals surface area contributed by atoms with E-state index in [4.69, 9.17) is 24.7 Å². The molecule has 1 saturated carbocycles. The van der Waals surface area contributed by atoms with Gasteiger partial charge in [0.2, 0.25) is 5.91 Å². The quantitative estimate of drug-likeness (QED) is 0.401. The smallest absolute Gasteiger partial charge is 0.250 e. The standard InChI is InChI=1S/C21H22FN5O5.C9H15NOS/c1-10-12(20(23)28)6-27-17(10)21(24-9-25-27)26-13-4-3-11(22)5-14(13)32-16-8-31-18-15(29-2)7-30-19(16)18;1-9(2-3-9)8(11)10-4-6-12-7-5-10/h3-6,9,15-16,18-19H,7-8H2,1-2H3,(H2,23,28)(H,24,25,26);2-7H2,1H3/t15?,16?,18-,19-;/m1./s1. The van der Waals surface area contributed by atoms with Crippen LogP contribution in [0.1, 0.15) is 35.7 Å². The Morgan fingerprint density at radius 3 is 2.55 bits per heavy atom. The fourth-order valence-electron chi connectivity index (χ4n) is 5.77. The Hall–Kier alpha value is -3.46. The molecule has 7 rings (SSSR count). The summed E-state index contributed by atoms with van der Waals surface area (Å²) in [5, 5.41) is 7.31. The maximum Gasteiger partial charge on any atom is 0.250 e. The van der Waals surface area contributed by atoms with E-state index in [1.165, 1.54) is 23.0 Å². The summed E-state index contributed by atoms with van der Waals surface area (Å²) >= 11 is 1.95. The van der Waals surface area contributed by atoms with Crippen LogP contribution in [-0.2, 0) is 19.0 Å². The van der Waals surface area contributed by atoms with Gasteiger partial charge in [-0.25, -0.2) is 13.9 Å². The van der Waals surface area contributed by atoms with E-state index in [0.29, 0.717) is 47.3 Å². The van der Waals surface area contributed by atoms with Crippen LogP contribution in [0, 0.1) is 18.2 Å². The second-order valence-electron chi connectivity index (χ2n) is 11.7. The van der Waals surface area contributed by atoms with Crippen molar-refractivity contribution in [2.24, 2.45) is 11.1 Å². The predicted molar refractivity (Wildman–Crippen MR) is 162 cm³/mol. The molecule has 3 aromatic rings. The van der Waals surface area contributed by atoms with Gasteiger partial charge in [0, 0.05) is 49.4 Å². The number of hydrogen-bond acceptors (Lipinski definition) is 10. The summed E-state index contributed by atoms with van der Waals surface area (Å²) in [6, 6.07) is 4.16. The fourth-order valence-corrected chi connectivity index (χ4v) is 6.67. The van der Waals surface area contributed by atoms with Gasteiger partial charge in [-0.15, -0.1) is 0 Å². The molecule has 14 heteroatoms. The van der Waals surface area contributed by atoms with Crippen LogP contribution < -0.4 is 15.8 Å². The van der Waals surface area contributed by atoms with Crippen molar-refractivity contribution in [3.63, 3.8) is 0 Å². The summed E-state index contributed by atoms with van der Waals surface area (Å²) in [7, 11) is 1.61. The third-order valence-corrected chi connectivity index (χ3v) is 9.59. The minimum Gasteiger partial charge on any atom is -0.483 e. The van der Waals surface area contributed by atoms with Gasteiger partial charge in [0.05, 0.1) is 24.5 Å². The number of aromatic nitrogens is 3. The lowest BCUT2D eigenvalue weighted by Crippen LogP contribution is -2.41. The van der Waals surface area contributed by atoms with Crippen molar-refractivity contribution in [2.75, 3.05) is 50.2 Å². The van der Waals surface area contributed by atoms with Gasteiger partial charge in [-0.2, -0.15) is 16.9 Å². The SMILES string of the molecule is CC1(C(=O)N2CCSCC2)CC1.COC1CO[C@@H]2C(Oc3cc(F)ccc3Nc3ncnn4cc(C(N)=O)c(C)c34)CO[C@H]12. The Balaban J connectivity index is 0.000000238. The Morgan fingerprint density at radius 1 is 1.16 bits per heavy atom. The predicted octanol–water partition coefficient (Wildman–Crippen LogP) is 2.94. The maximum absolute atomic E-state index is 14.1. The molecular formula is C30H37FN6O6S. The zero-order chi connectivity index (χ0) is 31.0. The first-order valence-electron chi connectivity index (χ1n) is 14.7. The van der Waals surface area contributed by atoms with Gasteiger partial charge in [0.1, 0.15) is 41.7 Å². The van der Waals surface area contributed by atoms with Crippen molar-refractivity contribution in [2.45, 2.75) is 51.1 Å².